The van der Waals surface area contributed by atoms with Crippen molar-refractivity contribution in [2.75, 3.05) is 18.1 Å². The van der Waals surface area contributed by atoms with E-state index in [0.29, 0.717) is 18.7 Å². The minimum Gasteiger partial charge on any atom is -0.484 e. The van der Waals surface area contributed by atoms with Crippen LogP contribution in [0.1, 0.15) is 29.3 Å². The number of ether oxygens (including phenoxy) is 1. The first kappa shape index (κ1) is 19.9. The Morgan fingerprint density at radius 3 is 2.56 bits per heavy atom. The summed E-state index contributed by atoms with van der Waals surface area (Å²) in [5.74, 6) is 0.648. The second-order valence-electron chi connectivity index (χ2n) is 6.89. The standard InChI is InChI=1S/C20H25NO4S2/c1-3-16-4-6-18(7-5-16)25-13-20(22)21(12-19-15(2)8-10-26-19)17-9-11-27(23,24)14-17/h4-8,10,17H,3,9,11-14H2,1-2H3/t17-/m0/s1. The highest BCUT2D eigenvalue weighted by Gasteiger charge is 2.35. The van der Waals surface area contributed by atoms with Gasteiger partial charge in [-0.05, 0) is 54.5 Å². The molecule has 0 aliphatic carbocycles. The summed E-state index contributed by atoms with van der Waals surface area (Å²) in [5, 5.41) is 1.99. The molecule has 1 amide bonds. The number of carbonyl (C=O) groups excluding carboxylic acids is 1. The maximum absolute atomic E-state index is 12.9. The number of aryl methyl sites for hydroxylation is 2. The molecule has 1 aliphatic rings. The summed E-state index contributed by atoms with van der Waals surface area (Å²) < 4.78 is 29.5. The highest BCUT2D eigenvalue weighted by molar-refractivity contribution is 7.91. The predicted molar refractivity (Wildman–Crippen MR) is 108 cm³/mol. The molecule has 2 aromatic rings. The molecular weight excluding hydrogens is 382 g/mol. The molecule has 1 atom stereocenters. The average molecular weight is 408 g/mol. The molecule has 0 saturated carbocycles. The number of hydrogen-bond donors (Lipinski definition) is 0. The van der Waals surface area contributed by atoms with E-state index in [-0.39, 0.29) is 30.1 Å². The monoisotopic (exact) mass is 407 g/mol. The number of nitrogens with zero attached hydrogens (tertiary/aromatic N) is 1. The molecule has 0 radical (unpaired) electrons. The highest BCUT2D eigenvalue weighted by atomic mass is 32.2. The van der Waals surface area contributed by atoms with E-state index >= 15 is 0 Å². The van der Waals surface area contributed by atoms with E-state index in [1.54, 1.807) is 16.2 Å². The van der Waals surface area contributed by atoms with Crippen molar-refractivity contribution in [3.63, 3.8) is 0 Å². The van der Waals surface area contributed by atoms with Crippen molar-refractivity contribution in [3.05, 3.63) is 51.7 Å². The fourth-order valence-corrected chi connectivity index (χ4v) is 5.85. The van der Waals surface area contributed by atoms with E-state index in [1.807, 2.05) is 42.6 Å². The molecule has 0 N–H and O–H groups in total. The molecule has 0 unspecified atom stereocenters. The summed E-state index contributed by atoms with van der Waals surface area (Å²) in [4.78, 5) is 15.7. The fourth-order valence-electron chi connectivity index (χ4n) is 3.21. The molecule has 0 spiro atoms. The minimum atomic E-state index is -3.07. The molecule has 1 aromatic heterocycles. The zero-order valence-electron chi connectivity index (χ0n) is 15.7. The van der Waals surface area contributed by atoms with Gasteiger partial charge in [0.25, 0.3) is 5.91 Å². The van der Waals surface area contributed by atoms with Gasteiger partial charge in [-0.25, -0.2) is 8.42 Å². The predicted octanol–water partition coefficient (Wildman–Crippen LogP) is 3.21. The summed E-state index contributed by atoms with van der Waals surface area (Å²) >= 11 is 1.59. The van der Waals surface area contributed by atoms with Gasteiger partial charge in [-0.1, -0.05) is 19.1 Å². The van der Waals surface area contributed by atoms with Crippen LogP contribution < -0.4 is 4.74 Å². The third-order valence-corrected chi connectivity index (χ3v) is 7.70. The summed E-state index contributed by atoms with van der Waals surface area (Å²) in [6, 6.07) is 9.42. The van der Waals surface area contributed by atoms with E-state index in [0.717, 1.165) is 16.9 Å². The van der Waals surface area contributed by atoms with E-state index in [9.17, 15) is 13.2 Å². The van der Waals surface area contributed by atoms with Crippen molar-refractivity contribution < 1.29 is 17.9 Å². The van der Waals surface area contributed by atoms with E-state index < -0.39 is 9.84 Å². The van der Waals surface area contributed by atoms with Crippen LogP contribution in [-0.4, -0.2) is 43.4 Å². The second-order valence-corrected chi connectivity index (χ2v) is 10.1. The third kappa shape index (κ3) is 5.11. The van der Waals surface area contributed by atoms with Crippen molar-refractivity contribution in [2.24, 2.45) is 0 Å². The number of amides is 1. The Labute approximate surface area is 164 Å². The van der Waals surface area contributed by atoms with Crippen molar-refractivity contribution in [1.29, 1.82) is 0 Å². The van der Waals surface area contributed by atoms with Gasteiger partial charge in [-0.15, -0.1) is 11.3 Å². The maximum atomic E-state index is 12.9. The van der Waals surface area contributed by atoms with Crippen molar-refractivity contribution in [1.82, 2.24) is 4.90 Å². The van der Waals surface area contributed by atoms with E-state index in [4.69, 9.17) is 4.74 Å². The zero-order chi connectivity index (χ0) is 19.4. The molecule has 0 bridgehead atoms. The Kier molecular flexibility index (Phi) is 6.22. The van der Waals surface area contributed by atoms with Gasteiger partial charge in [-0.2, -0.15) is 0 Å². The van der Waals surface area contributed by atoms with Gasteiger partial charge in [0.05, 0.1) is 18.1 Å². The van der Waals surface area contributed by atoms with E-state index in [1.165, 1.54) is 5.56 Å². The van der Waals surface area contributed by atoms with E-state index in [2.05, 4.69) is 6.92 Å². The number of thiophene rings is 1. The first-order chi connectivity index (χ1) is 12.9. The third-order valence-electron chi connectivity index (χ3n) is 4.95. The van der Waals surface area contributed by atoms with Gasteiger partial charge in [-0.3, -0.25) is 4.79 Å². The lowest BCUT2D eigenvalue weighted by atomic mass is 10.2. The first-order valence-corrected chi connectivity index (χ1v) is 11.8. The van der Waals surface area contributed by atoms with Crippen molar-refractivity contribution in [2.45, 2.75) is 39.3 Å². The van der Waals surface area contributed by atoms with Crippen LogP contribution in [0.25, 0.3) is 0 Å². The number of rotatable bonds is 7. The SMILES string of the molecule is CCc1ccc(OCC(=O)N(Cc2sccc2C)[C@H]2CCS(=O)(=O)C2)cc1. The number of sulfone groups is 1. The molecule has 1 aliphatic heterocycles. The Balaban J connectivity index is 1.70. The summed E-state index contributed by atoms with van der Waals surface area (Å²) in [5.41, 5.74) is 2.33. The van der Waals surface area contributed by atoms with Crippen molar-refractivity contribution in [3.8, 4) is 5.75 Å². The van der Waals surface area contributed by atoms with Gasteiger partial charge in [0.15, 0.2) is 16.4 Å². The van der Waals surface area contributed by atoms with Crippen LogP contribution in [0, 0.1) is 6.92 Å². The number of benzene rings is 1. The van der Waals surface area contributed by atoms with Crippen LogP contribution in [0.2, 0.25) is 0 Å². The first-order valence-electron chi connectivity index (χ1n) is 9.12. The summed E-state index contributed by atoms with van der Waals surface area (Å²) in [6.07, 6.45) is 1.44. The Hall–Kier alpha value is -1.86. The normalized spacial score (nSPS) is 18.4. The summed E-state index contributed by atoms with van der Waals surface area (Å²) in [7, 11) is -3.07. The molecule has 1 aromatic carbocycles. The maximum Gasteiger partial charge on any atom is 0.261 e. The van der Waals surface area contributed by atoms with Gasteiger partial charge in [0.2, 0.25) is 0 Å². The molecular formula is C20H25NO4S2. The van der Waals surface area contributed by atoms with Crippen molar-refractivity contribution >= 4 is 27.1 Å². The van der Waals surface area contributed by atoms with Crippen LogP contribution in [-0.2, 0) is 27.6 Å². The van der Waals surface area contributed by atoms with Gasteiger partial charge >= 0.3 is 0 Å². The fraction of sp³-hybridized carbons (Fsp3) is 0.450. The zero-order valence-corrected chi connectivity index (χ0v) is 17.3. The molecule has 1 saturated heterocycles. The quantitative estimate of drug-likeness (QED) is 0.707. The number of carbonyl (C=O) groups is 1. The van der Waals surface area contributed by atoms with Crippen LogP contribution in [0.4, 0.5) is 0 Å². The second kappa shape index (κ2) is 8.44. The molecule has 3 rings (SSSR count). The van der Waals surface area contributed by atoms with Crippen LogP contribution in [0.3, 0.4) is 0 Å². The minimum absolute atomic E-state index is 0.0361. The molecule has 2 heterocycles. The Bertz CT molecular complexity index is 887. The number of hydrogen-bond acceptors (Lipinski definition) is 5. The van der Waals surface area contributed by atoms with Crippen LogP contribution in [0.15, 0.2) is 35.7 Å². The highest BCUT2D eigenvalue weighted by Crippen LogP contribution is 2.24. The van der Waals surface area contributed by atoms with Crippen LogP contribution in [0.5, 0.6) is 5.75 Å². The topological polar surface area (TPSA) is 63.7 Å². The van der Waals surface area contributed by atoms with Gasteiger partial charge in [0.1, 0.15) is 5.75 Å². The Morgan fingerprint density at radius 1 is 1.26 bits per heavy atom. The van der Waals surface area contributed by atoms with Gasteiger partial charge in [0, 0.05) is 10.9 Å². The lowest BCUT2D eigenvalue weighted by Crippen LogP contribution is -2.43. The molecule has 1 fully saturated rings. The molecule has 5 nitrogen and oxygen atoms in total. The average Bonchev–Trinajstić information content (AvgIpc) is 3.22. The Morgan fingerprint density at radius 2 is 2.00 bits per heavy atom. The summed E-state index contributed by atoms with van der Waals surface area (Å²) in [6.45, 7) is 4.43. The lowest BCUT2D eigenvalue weighted by Gasteiger charge is -2.28. The molecule has 146 valence electrons. The van der Waals surface area contributed by atoms with Gasteiger partial charge < -0.3 is 9.64 Å². The lowest BCUT2D eigenvalue weighted by molar-refractivity contribution is -0.135. The smallest absolute Gasteiger partial charge is 0.261 e. The van der Waals surface area contributed by atoms with Crippen LogP contribution >= 0.6 is 11.3 Å². The molecule has 27 heavy (non-hydrogen) atoms. The largest absolute Gasteiger partial charge is 0.484 e. The molecule has 7 heteroatoms.